The van der Waals surface area contributed by atoms with Crippen LogP contribution >= 0.6 is 0 Å². The normalized spacial score (nSPS) is 22.8. The molecule has 6 heteroatoms. The van der Waals surface area contributed by atoms with Gasteiger partial charge >= 0.3 is 0 Å². The SMILES string of the molecule is C1=C(COCC2CO2)[C@@H](OCc2ccccc2)[C@H](OCc2ccccc2)[C@@H](COCc2ccccc2)O1. The van der Waals surface area contributed by atoms with Crippen LogP contribution < -0.4 is 0 Å². The van der Waals surface area contributed by atoms with Crippen molar-refractivity contribution in [2.75, 3.05) is 26.4 Å². The van der Waals surface area contributed by atoms with Crippen molar-refractivity contribution in [2.45, 2.75) is 44.2 Å². The van der Waals surface area contributed by atoms with Gasteiger partial charge in [0.2, 0.25) is 0 Å². The summed E-state index contributed by atoms with van der Waals surface area (Å²) in [6.07, 6.45) is 0.910. The Labute approximate surface area is 218 Å². The van der Waals surface area contributed by atoms with Gasteiger partial charge in [0.1, 0.15) is 24.4 Å². The van der Waals surface area contributed by atoms with E-state index < -0.39 is 0 Å². The highest BCUT2D eigenvalue weighted by Crippen LogP contribution is 2.28. The highest BCUT2D eigenvalue weighted by molar-refractivity contribution is 5.18. The van der Waals surface area contributed by atoms with Gasteiger partial charge in [-0.2, -0.15) is 0 Å². The first-order valence-electron chi connectivity index (χ1n) is 12.8. The third-order valence-electron chi connectivity index (χ3n) is 6.35. The fourth-order valence-corrected chi connectivity index (χ4v) is 4.24. The molecule has 3 aromatic rings. The van der Waals surface area contributed by atoms with Crippen molar-refractivity contribution in [2.24, 2.45) is 0 Å². The van der Waals surface area contributed by atoms with Gasteiger partial charge in [-0.15, -0.1) is 0 Å². The fraction of sp³-hybridized carbons (Fsp3) is 0.355. The second kappa shape index (κ2) is 13.5. The van der Waals surface area contributed by atoms with Crippen molar-refractivity contribution < 1.29 is 28.4 Å². The zero-order valence-electron chi connectivity index (χ0n) is 20.9. The van der Waals surface area contributed by atoms with Gasteiger partial charge in [0.15, 0.2) is 0 Å². The Morgan fingerprint density at radius 3 is 1.76 bits per heavy atom. The summed E-state index contributed by atoms with van der Waals surface area (Å²) in [5.41, 5.74) is 4.21. The smallest absolute Gasteiger partial charge is 0.150 e. The van der Waals surface area contributed by atoms with E-state index in [-0.39, 0.29) is 24.4 Å². The molecule has 3 aromatic carbocycles. The van der Waals surface area contributed by atoms with Crippen molar-refractivity contribution in [3.05, 3.63) is 120 Å². The van der Waals surface area contributed by atoms with Crippen LogP contribution in [0.15, 0.2) is 103 Å². The van der Waals surface area contributed by atoms with Gasteiger partial charge in [0, 0.05) is 5.57 Å². The van der Waals surface area contributed by atoms with E-state index in [1.165, 1.54) is 0 Å². The summed E-state index contributed by atoms with van der Waals surface area (Å²) in [7, 11) is 0. The van der Waals surface area contributed by atoms with Crippen molar-refractivity contribution in [3.63, 3.8) is 0 Å². The van der Waals surface area contributed by atoms with Gasteiger partial charge in [0.05, 0.1) is 52.5 Å². The van der Waals surface area contributed by atoms with E-state index in [2.05, 4.69) is 36.4 Å². The Bertz CT molecular complexity index is 1080. The number of hydrogen-bond donors (Lipinski definition) is 0. The molecule has 0 bridgehead atoms. The Kier molecular flexibility index (Phi) is 9.37. The molecule has 4 atom stereocenters. The predicted molar refractivity (Wildman–Crippen MR) is 140 cm³/mol. The van der Waals surface area contributed by atoms with Crippen LogP contribution in [0, 0.1) is 0 Å². The molecule has 0 N–H and O–H groups in total. The molecule has 5 rings (SSSR count). The van der Waals surface area contributed by atoms with Crippen molar-refractivity contribution in [3.8, 4) is 0 Å². The first kappa shape index (κ1) is 25.6. The molecule has 0 aromatic heterocycles. The minimum Gasteiger partial charge on any atom is -0.493 e. The summed E-state index contributed by atoms with van der Waals surface area (Å²) < 4.78 is 36.5. The van der Waals surface area contributed by atoms with Crippen LogP contribution in [0.2, 0.25) is 0 Å². The maximum Gasteiger partial charge on any atom is 0.150 e. The molecule has 2 aliphatic heterocycles. The van der Waals surface area contributed by atoms with Crippen molar-refractivity contribution >= 4 is 0 Å². The van der Waals surface area contributed by atoms with Gasteiger partial charge in [-0.1, -0.05) is 91.0 Å². The second-order valence-electron chi connectivity index (χ2n) is 9.32. The van der Waals surface area contributed by atoms with E-state index in [0.717, 1.165) is 28.9 Å². The minimum atomic E-state index is -0.375. The molecule has 6 nitrogen and oxygen atoms in total. The average Bonchev–Trinajstić information content (AvgIpc) is 3.78. The lowest BCUT2D eigenvalue weighted by Crippen LogP contribution is -2.48. The summed E-state index contributed by atoms with van der Waals surface area (Å²) in [5.74, 6) is 0. The van der Waals surface area contributed by atoms with Gasteiger partial charge < -0.3 is 28.4 Å². The van der Waals surface area contributed by atoms with Crippen LogP contribution in [0.25, 0.3) is 0 Å². The third kappa shape index (κ3) is 7.99. The lowest BCUT2D eigenvalue weighted by Gasteiger charge is -2.38. The highest BCUT2D eigenvalue weighted by Gasteiger charge is 2.39. The summed E-state index contributed by atoms with van der Waals surface area (Å²) in [6.45, 7) is 3.48. The minimum absolute atomic E-state index is 0.193. The van der Waals surface area contributed by atoms with E-state index in [1.54, 1.807) is 6.26 Å². The zero-order chi connectivity index (χ0) is 25.1. The lowest BCUT2D eigenvalue weighted by molar-refractivity contribution is -0.154. The molecular weight excluding hydrogens is 468 g/mol. The first-order valence-corrected chi connectivity index (χ1v) is 12.8. The molecule has 0 saturated carbocycles. The summed E-state index contributed by atoms with van der Waals surface area (Å²) in [4.78, 5) is 0. The summed E-state index contributed by atoms with van der Waals surface area (Å²) >= 11 is 0. The molecule has 37 heavy (non-hydrogen) atoms. The van der Waals surface area contributed by atoms with E-state index in [1.807, 2.05) is 54.6 Å². The standard InChI is InChI=1S/C31H34O6/c1-4-10-24(11-5-1)16-32-23-29-31(37-18-26-14-8-3-9-15-26)30(36-17-25-12-6-2-7-13-25)27(20-35-29)19-33-21-28-22-34-28/h1-15,20,28-31H,16-19,21-23H2/t28?,29-,30-,31-/m1/s1. The monoisotopic (exact) mass is 502 g/mol. The molecule has 2 heterocycles. The van der Waals surface area contributed by atoms with Crippen LogP contribution in [0.4, 0.5) is 0 Å². The summed E-state index contributed by atoms with van der Waals surface area (Å²) in [6, 6.07) is 30.4. The quantitative estimate of drug-likeness (QED) is 0.287. The Hall–Kier alpha value is -3.00. The highest BCUT2D eigenvalue weighted by atomic mass is 16.6. The molecule has 0 amide bonds. The van der Waals surface area contributed by atoms with Crippen LogP contribution in [-0.2, 0) is 48.2 Å². The van der Waals surface area contributed by atoms with E-state index in [9.17, 15) is 0 Å². The Morgan fingerprint density at radius 2 is 1.16 bits per heavy atom. The topological polar surface area (TPSA) is 58.7 Å². The second-order valence-corrected chi connectivity index (χ2v) is 9.32. The fourth-order valence-electron chi connectivity index (χ4n) is 4.24. The first-order chi connectivity index (χ1) is 18.3. The molecule has 2 aliphatic rings. The van der Waals surface area contributed by atoms with Gasteiger partial charge in [-0.25, -0.2) is 0 Å². The van der Waals surface area contributed by atoms with Crippen molar-refractivity contribution in [1.29, 1.82) is 0 Å². The zero-order valence-corrected chi connectivity index (χ0v) is 20.9. The van der Waals surface area contributed by atoms with Crippen LogP contribution in [0.3, 0.4) is 0 Å². The molecule has 1 unspecified atom stereocenters. The molecule has 0 spiro atoms. The molecule has 1 saturated heterocycles. The number of rotatable bonds is 14. The molecule has 0 radical (unpaired) electrons. The van der Waals surface area contributed by atoms with Gasteiger partial charge in [-0.05, 0) is 16.7 Å². The van der Waals surface area contributed by atoms with Gasteiger partial charge in [-0.3, -0.25) is 0 Å². The maximum atomic E-state index is 6.51. The summed E-state index contributed by atoms with van der Waals surface area (Å²) in [5, 5.41) is 0. The molecule has 1 fully saturated rings. The predicted octanol–water partition coefficient (Wildman–Crippen LogP) is 5.07. The molecular formula is C31H34O6. The largest absolute Gasteiger partial charge is 0.493 e. The van der Waals surface area contributed by atoms with Gasteiger partial charge in [0.25, 0.3) is 0 Å². The van der Waals surface area contributed by atoms with Crippen molar-refractivity contribution in [1.82, 2.24) is 0 Å². The number of ether oxygens (including phenoxy) is 6. The number of benzene rings is 3. The molecule has 0 aliphatic carbocycles. The van der Waals surface area contributed by atoms with Crippen LogP contribution in [0.1, 0.15) is 16.7 Å². The van der Waals surface area contributed by atoms with E-state index in [4.69, 9.17) is 28.4 Å². The number of epoxide rings is 1. The average molecular weight is 503 g/mol. The third-order valence-corrected chi connectivity index (χ3v) is 6.35. The Morgan fingerprint density at radius 1 is 0.622 bits per heavy atom. The molecule has 194 valence electrons. The van der Waals surface area contributed by atoms with E-state index in [0.29, 0.717) is 39.6 Å². The lowest BCUT2D eigenvalue weighted by atomic mass is 9.98. The van der Waals surface area contributed by atoms with Crippen LogP contribution in [0.5, 0.6) is 0 Å². The Balaban J connectivity index is 1.30. The van der Waals surface area contributed by atoms with Crippen LogP contribution in [-0.4, -0.2) is 50.8 Å². The maximum absolute atomic E-state index is 6.51. The van der Waals surface area contributed by atoms with E-state index >= 15 is 0 Å². The number of hydrogen-bond acceptors (Lipinski definition) is 6.